The number of nitro groups is 1. The van der Waals surface area contributed by atoms with Crippen LogP contribution in [0.1, 0.15) is 0 Å². The van der Waals surface area contributed by atoms with E-state index in [1.807, 2.05) is 0 Å². The van der Waals surface area contributed by atoms with Crippen LogP contribution in [-0.4, -0.2) is 31.2 Å². The number of aromatic hydroxyl groups is 1. The number of halogens is 3. The van der Waals surface area contributed by atoms with Gasteiger partial charge in [0.05, 0.1) is 16.7 Å². The summed E-state index contributed by atoms with van der Waals surface area (Å²) in [6.45, 7) is -1.80. The molecule has 0 aliphatic carbocycles. The SMILES string of the molecule is O=[N+]([O-])c1ccc(NS(=O)(=O)NCC(F)(F)F)c(O)c1. The summed E-state index contributed by atoms with van der Waals surface area (Å²) in [5.41, 5.74) is -1.00. The molecule has 0 heterocycles. The van der Waals surface area contributed by atoms with Crippen LogP contribution in [0.25, 0.3) is 0 Å². The maximum atomic E-state index is 11.9. The number of anilines is 1. The Balaban J connectivity index is 2.85. The quantitative estimate of drug-likeness (QED) is 0.427. The first kappa shape index (κ1) is 16.0. The predicted octanol–water partition coefficient (Wildman–Crippen LogP) is 1.11. The molecule has 20 heavy (non-hydrogen) atoms. The van der Waals surface area contributed by atoms with Crippen molar-refractivity contribution in [1.29, 1.82) is 0 Å². The van der Waals surface area contributed by atoms with Crippen LogP contribution in [0.2, 0.25) is 0 Å². The second kappa shape index (κ2) is 5.50. The van der Waals surface area contributed by atoms with Gasteiger partial charge in [0.15, 0.2) is 0 Å². The van der Waals surface area contributed by atoms with Crippen LogP contribution in [-0.2, 0) is 10.2 Å². The van der Waals surface area contributed by atoms with Crippen molar-refractivity contribution in [2.75, 3.05) is 11.3 Å². The lowest BCUT2D eigenvalue weighted by atomic mass is 10.3. The molecule has 0 atom stereocenters. The Hall–Kier alpha value is -2.08. The third kappa shape index (κ3) is 4.89. The van der Waals surface area contributed by atoms with E-state index < -0.39 is 45.0 Å². The van der Waals surface area contributed by atoms with E-state index in [4.69, 9.17) is 0 Å². The van der Waals surface area contributed by atoms with Gasteiger partial charge >= 0.3 is 6.18 Å². The van der Waals surface area contributed by atoms with Gasteiger partial charge in [-0.25, -0.2) is 0 Å². The molecule has 0 saturated heterocycles. The fourth-order valence-electron chi connectivity index (χ4n) is 1.08. The number of hydrogen-bond donors (Lipinski definition) is 3. The Morgan fingerprint density at radius 1 is 1.35 bits per heavy atom. The molecular weight excluding hydrogens is 307 g/mol. The maximum Gasteiger partial charge on any atom is 0.402 e. The molecule has 112 valence electrons. The molecule has 0 aliphatic rings. The van der Waals surface area contributed by atoms with Crippen molar-refractivity contribution in [3.05, 3.63) is 28.3 Å². The highest BCUT2D eigenvalue weighted by atomic mass is 32.2. The average molecular weight is 315 g/mol. The largest absolute Gasteiger partial charge is 0.505 e. The number of phenolic OH excluding ortho intramolecular Hbond substituents is 1. The van der Waals surface area contributed by atoms with Gasteiger partial charge in [-0.05, 0) is 6.07 Å². The highest BCUT2D eigenvalue weighted by molar-refractivity contribution is 7.90. The highest BCUT2D eigenvalue weighted by Crippen LogP contribution is 2.28. The minimum atomic E-state index is -4.74. The molecule has 0 spiro atoms. The minimum Gasteiger partial charge on any atom is -0.505 e. The number of hydrogen-bond acceptors (Lipinski definition) is 5. The molecule has 3 N–H and O–H groups in total. The van der Waals surface area contributed by atoms with Gasteiger partial charge in [-0.1, -0.05) is 0 Å². The zero-order chi connectivity index (χ0) is 15.6. The second-order valence-electron chi connectivity index (χ2n) is 3.50. The van der Waals surface area contributed by atoms with Crippen molar-refractivity contribution >= 4 is 21.6 Å². The Morgan fingerprint density at radius 2 is 1.95 bits per heavy atom. The van der Waals surface area contributed by atoms with E-state index in [0.29, 0.717) is 6.07 Å². The van der Waals surface area contributed by atoms with Crippen molar-refractivity contribution in [3.63, 3.8) is 0 Å². The Labute approximate surface area is 110 Å². The minimum absolute atomic E-state index is 0.495. The molecule has 0 fully saturated rings. The number of phenols is 1. The lowest BCUT2D eigenvalue weighted by molar-refractivity contribution is -0.384. The van der Waals surface area contributed by atoms with Crippen LogP contribution in [0.4, 0.5) is 24.5 Å². The van der Waals surface area contributed by atoms with E-state index in [2.05, 4.69) is 0 Å². The third-order valence-electron chi connectivity index (χ3n) is 1.90. The molecule has 0 aliphatic heterocycles. The Morgan fingerprint density at radius 3 is 2.40 bits per heavy atom. The van der Waals surface area contributed by atoms with Gasteiger partial charge in [-0.3, -0.25) is 14.8 Å². The van der Waals surface area contributed by atoms with Crippen molar-refractivity contribution in [2.24, 2.45) is 0 Å². The van der Waals surface area contributed by atoms with Gasteiger partial charge < -0.3 is 5.11 Å². The summed E-state index contributed by atoms with van der Waals surface area (Å²) in [6.07, 6.45) is -4.74. The van der Waals surface area contributed by atoms with Gasteiger partial charge in [0, 0.05) is 6.07 Å². The molecular formula is C8H8F3N3O5S. The topological polar surface area (TPSA) is 122 Å². The van der Waals surface area contributed by atoms with Gasteiger partial charge in [-0.15, -0.1) is 0 Å². The molecule has 12 heteroatoms. The molecule has 0 amide bonds. The summed E-state index contributed by atoms with van der Waals surface area (Å²) in [7, 11) is -4.57. The Kier molecular flexibility index (Phi) is 4.39. The van der Waals surface area contributed by atoms with Crippen LogP contribution in [0.15, 0.2) is 18.2 Å². The fraction of sp³-hybridized carbons (Fsp3) is 0.250. The monoisotopic (exact) mass is 315 g/mol. The fourth-order valence-corrected chi connectivity index (χ4v) is 1.97. The maximum absolute atomic E-state index is 11.9. The summed E-state index contributed by atoms with van der Waals surface area (Å²) in [5, 5.41) is 19.7. The molecule has 1 rings (SSSR count). The molecule has 0 aromatic heterocycles. The summed E-state index contributed by atoms with van der Waals surface area (Å²) in [6, 6.07) is 2.38. The summed E-state index contributed by atoms with van der Waals surface area (Å²) in [4.78, 5) is 9.55. The summed E-state index contributed by atoms with van der Waals surface area (Å²) >= 11 is 0. The van der Waals surface area contributed by atoms with E-state index in [1.54, 1.807) is 4.72 Å². The van der Waals surface area contributed by atoms with Gasteiger partial charge in [-0.2, -0.15) is 26.3 Å². The molecule has 0 radical (unpaired) electrons. The zero-order valence-electron chi connectivity index (χ0n) is 9.51. The molecule has 0 saturated carbocycles. The van der Waals surface area contributed by atoms with Gasteiger partial charge in [0.2, 0.25) is 0 Å². The van der Waals surface area contributed by atoms with E-state index in [-0.39, 0.29) is 0 Å². The van der Waals surface area contributed by atoms with Crippen LogP contribution in [0.3, 0.4) is 0 Å². The predicted molar refractivity (Wildman–Crippen MR) is 61.4 cm³/mol. The first-order valence-corrected chi connectivity index (χ1v) is 6.30. The second-order valence-corrected chi connectivity index (χ2v) is 5.00. The molecule has 0 unspecified atom stereocenters. The molecule has 8 nitrogen and oxygen atoms in total. The number of nitrogens with zero attached hydrogens (tertiary/aromatic N) is 1. The number of benzene rings is 1. The first-order valence-electron chi connectivity index (χ1n) is 4.82. The molecule has 1 aromatic rings. The first-order chi connectivity index (χ1) is 9.00. The summed E-state index contributed by atoms with van der Waals surface area (Å²) in [5.74, 6) is -0.795. The van der Waals surface area contributed by atoms with Crippen molar-refractivity contribution < 1.29 is 31.6 Å². The molecule has 1 aromatic carbocycles. The van der Waals surface area contributed by atoms with Gasteiger partial charge in [0.25, 0.3) is 15.9 Å². The number of nitrogens with one attached hydrogen (secondary N) is 2. The van der Waals surface area contributed by atoms with E-state index in [9.17, 15) is 36.8 Å². The highest BCUT2D eigenvalue weighted by Gasteiger charge is 2.29. The zero-order valence-corrected chi connectivity index (χ0v) is 10.3. The van der Waals surface area contributed by atoms with Gasteiger partial charge in [0.1, 0.15) is 12.3 Å². The van der Waals surface area contributed by atoms with Crippen molar-refractivity contribution in [2.45, 2.75) is 6.18 Å². The van der Waals surface area contributed by atoms with Crippen LogP contribution in [0.5, 0.6) is 5.75 Å². The number of alkyl halides is 3. The molecule has 0 bridgehead atoms. The van der Waals surface area contributed by atoms with E-state index in [0.717, 1.165) is 12.1 Å². The van der Waals surface area contributed by atoms with E-state index in [1.165, 1.54) is 4.72 Å². The van der Waals surface area contributed by atoms with Crippen LogP contribution < -0.4 is 9.44 Å². The standard InChI is InChI=1S/C8H8F3N3O5S/c9-8(10,11)4-12-20(18,19)13-6-2-1-5(14(16)17)3-7(6)15/h1-3,12-13,15H,4H2. The lowest BCUT2D eigenvalue weighted by Crippen LogP contribution is -2.37. The third-order valence-corrected chi connectivity index (χ3v) is 2.91. The van der Waals surface area contributed by atoms with E-state index >= 15 is 0 Å². The summed E-state index contributed by atoms with van der Waals surface area (Å²) < 4.78 is 60.9. The van der Waals surface area contributed by atoms with Crippen LogP contribution >= 0.6 is 0 Å². The number of rotatable bonds is 5. The lowest BCUT2D eigenvalue weighted by Gasteiger charge is -2.11. The Bertz CT molecular complexity index is 616. The average Bonchev–Trinajstić information content (AvgIpc) is 2.28. The number of nitro benzene ring substituents is 1. The normalized spacial score (nSPS) is 12.2. The van der Waals surface area contributed by atoms with Crippen molar-refractivity contribution in [3.8, 4) is 5.75 Å². The smallest absolute Gasteiger partial charge is 0.402 e. The van der Waals surface area contributed by atoms with Crippen molar-refractivity contribution in [1.82, 2.24) is 4.72 Å². The number of non-ortho nitro benzene ring substituents is 1. The van der Waals surface area contributed by atoms with Crippen LogP contribution in [0, 0.1) is 10.1 Å².